The van der Waals surface area contributed by atoms with E-state index in [9.17, 15) is 27.2 Å². The van der Waals surface area contributed by atoms with Crippen LogP contribution in [0.2, 0.25) is 0 Å². The number of fused-ring (bicyclic) bond motifs is 1. The van der Waals surface area contributed by atoms with E-state index in [1.54, 1.807) is 35.9 Å². The highest BCUT2D eigenvalue weighted by Crippen LogP contribution is 2.41. The van der Waals surface area contributed by atoms with Gasteiger partial charge in [0.2, 0.25) is 5.91 Å². The first-order chi connectivity index (χ1) is 21.6. The SMILES string of the molecule is Cc1nn(-c2cccc(OCc3ccccc3)c2)c2c1C(c1ccc(F)cc1)C(NC(=O)c1cccc(C(F)(F)F)c1)C(=O)N2. The number of halogens is 4. The van der Waals surface area contributed by atoms with Crippen molar-refractivity contribution in [2.45, 2.75) is 31.7 Å². The maximum Gasteiger partial charge on any atom is 0.416 e. The average molecular weight is 615 g/mol. The van der Waals surface area contributed by atoms with Crippen LogP contribution in [-0.4, -0.2) is 27.6 Å². The number of aryl methyl sites for hydroxylation is 1. The number of carbonyl (C=O) groups is 2. The Hall–Kier alpha value is -5.45. The van der Waals surface area contributed by atoms with Crippen LogP contribution in [0.25, 0.3) is 5.69 Å². The van der Waals surface area contributed by atoms with E-state index in [1.807, 2.05) is 30.3 Å². The lowest BCUT2D eigenvalue weighted by atomic mass is 9.81. The summed E-state index contributed by atoms with van der Waals surface area (Å²) in [5, 5.41) is 10.1. The Labute approximate surface area is 255 Å². The molecule has 1 aromatic heterocycles. The highest BCUT2D eigenvalue weighted by molar-refractivity contribution is 6.04. The van der Waals surface area contributed by atoms with Gasteiger partial charge in [-0.05, 0) is 60.5 Å². The van der Waals surface area contributed by atoms with Crippen LogP contribution in [0.15, 0.2) is 103 Å². The number of nitrogens with zero attached hydrogens (tertiary/aromatic N) is 2. The van der Waals surface area contributed by atoms with E-state index < -0.39 is 41.3 Å². The van der Waals surface area contributed by atoms with Crippen molar-refractivity contribution in [3.05, 3.63) is 142 Å². The molecule has 2 unspecified atom stereocenters. The summed E-state index contributed by atoms with van der Waals surface area (Å²) in [6.07, 6.45) is -4.65. The molecule has 228 valence electrons. The molecule has 7 nitrogen and oxygen atoms in total. The summed E-state index contributed by atoms with van der Waals surface area (Å²) in [5.41, 5.74) is 1.91. The van der Waals surface area contributed by atoms with E-state index in [0.29, 0.717) is 40.7 Å². The molecule has 45 heavy (non-hydrogen) atoms. The Kier molecular flexibility index (Phi) is 7.84. The minimum Gasteiger partial charge on any atom is -0.489 e. The standard InChI is InChI=1S/C34H26F4N4O3/c1-20-28-29(22-13-15-25(35)16-14-22)30(39-32(43)23-9-5-10-24(17-23)34(36,37)38)33(44)40-31(28)42(41-20)26-11-6-12-27(18-26)45-19-21-7-3-2-4-8-21/h2-18,29-30H,19H2,1H3,(H,39,43)(H,40,44). The minimum atomic E-state index is -4.65. The number of amides is 2. The van der Waals surface area contributed by atoms with Gasteiger partial charge in [0.25, 0.3) is 5.91 Å². The molecule has 4 aromatic carbocycles. The van der Waals surface area contributed by atoms with Crippen LogP contribution in [0.5, 0.6) is 5.75 Å². The summed E-state index contributed by atoms with van der Waals surface area (Å²) in [6, 6.07) is 25.0. The summed E-state index contributed by atoms with van der Waals surface area (Å²) >= 11 is 0. The Bertz CT molecular complexity index is 1870. The molecule has 2 atom stereocenters. The third-order valence-electron chi connectivity index (χ3n) is 7.55. The van der Waals surface area contributed by atoms with Crippen LogP contribution >= 0.6 is 0 Å². The molecule has 2 heterocycles. The number of nitrogens with one attached hydrogen (secondary N) is 2. The summed E-state index contributed by atoms with van der Waals surface area (Å²) < 4.78 is 61.4. The Balaban J connectivity index is 1.36. The van der Waals surface area contributed by atoms with Gasteiger partial charge in [-0.15, -0.1) is 0 Å². The lowest BCUT2D eigenvalue weighted by Crippen LogP contribution is -2.50. The molecule has 5 aromatic rings. The molecule has 0 saturated heterocycles. The highest BCUT2D eigenvalue weighted by atomic mass is 19.4. The number of alkyl halides is 3. The molecule has 0 bridgehead atoms. The van der Waals surface area contributed by atoms with E-state index >= 15 is 0 Å². The first kappa shape index (κ1) is 29.6. The third-order valence-corrected chi connectivity index (χ3v) is 7.55. The molecule has 2 N–H and O–H groups in total. The fourth-order valence-electron chi connectivity index (χ4n) is 5.42. The first-order valence-electron chi connectivity index (χ1n) is 14.0. The van der Waals surface area contributed by atoms with Crippen LogP contribution in [0, 0.1) is 12.7 Å². The Morgan fingerprint density at radius 2 is 1.69 bits per heavy atom. The number of ether oxygens (including phenoxy) is 1. The van der Waals surface area contributed by atoms with E-state index in [0.717, 1.165) is 23.8 Å². The van der Waals surface area contributed by atoms with Crippen LogP contribution in [0.4, 0.5) is 23.4 Å². The zero-order chi connectivity index (χ0) is 31.7. The van der Waals surface area contributed by atoms with Crippen LogP contribution in [0.1, 0.15) is 44.2 Å². The van der Waals surface area contributed by atoms with Gasteiger partial charge in [0.1, 0.15) is 30.0 Å². The number of hydrogen-bond acceptors (Lipinski definition) is 4. The predicted octanol–water partition coefficient (Wildman–Crippen LogP) is 6.80. The van der Waals surface area contributed by atoms with Gasteiger partial charge in [-0.1, -0.05) is 54.6 Å². The molecule has 0 saturated carbocycles. The summed E-state index contributed by atoms with van der Waals surface area (Å²) in [7, 11) is 0. The molecule has 1 aliphatic heterocycles. The van der Waals surface area contributed by atoms with Gasteiger partial charge in [0.05, 0.1) is 16.9 Å². The Morgan fingerprint density at radius 1 is 0.956 bits per heavy atom. The van der Waals surface area contributed by atoms with Crippen molar-refractivity contribution >= 4 is 17.6 Å². The highest BCUT2D eigenvalue weighted by Gasteiger charge is 2.42. The van der Waals surface area contributed by atoms with Crippen molar-refractivity contribution in [2.75, 3.05) is 5.32 Å². The van der Waals surface area contributed by atoms with Gasteiger partial charge < -0.3 is 15.4 Å². The maximum absolute atomic E-state index is 13.9. The fourth-order valence-corrected chi connectivity index (χ4v) is 5.42. The van der Waals surface area contributed by atoms with Gasteiger partial charge in [-0.2, -0.15) is 18.3 Å². The summed E-state index contributed by atoms with van der Waals surface area (Å²) in [4.78, 5) is 26.9. The molecule has 11 heteroatoms. The zero-order valence-electron chi connectivity index (χ0n) is 23.8. The number of benzene rings is 4. The number of rotatable bonds is 7. The molecular weight excluding hydrogens is 588 g/mol. The molecule has 0 aliphatic carbocycles. The van der Waals surface area contributed by atoms with E-state index in [2.05, 4.69) is 10.6 Å². The topological polar surface area (TPSA) is 85.2 Å². The van der Waals surface area contributed by atoms with Crippen molar-refractivity contribution in [3.8, 4) is 11.4 Å². The van der Waals surface area contributed by atoms with Gasteiger partial charge in [-0.25, -0.2) is 9.07 Å². The molecule has 0 radical (unpaired) electrons. The number of carbonyl (C=O) groups excluding carboxylic acids is 2. The van der Waals surface area contributed by atoms with Crippen molar-refractivity contribution in [1.82, 2.24) is 15.1 Å². The second-order valence-corrected chi connectivity index (χ2v) is 10.6. The maximum atomic E-state index is 13.9. The predicted molar refractivity (Wildman–Crippen MR) is 159 cm³/mol. The molecule has 0 spiro atoms. The number of aromatic nitrogens is 2. The third kappa shape index (κ3) is 6.14. The monoisotopic (exact) mass is 614 g/mol. The van der Waals surface area contributed by atoms with Crippen LogP contribution in [-0.2, 0) is 17.6 Å². The zero-order valence-corrected chi connectivity index (χ0v) is 23.8. The largest absolute Gasteiger partial charge is 0.489 e. The second-order valence-electron chi connectivity index (χ2n) is 10.6. The fraction of sp³-hybridized carbons (Fsp3) is 0.147. The number of hydrogen-bond donors (Lipinski definition) is 2. The first-order valence-corrected chi connectivity index (χ1v) is 14.0. The van der Waals surface area contributed by atoms with Crippen LogP contribution in [0.3, 0.4) is 0 Å². The van der Waals surface area contributed by atoms with Crippen molar-refractivity contribution < 1.29 is 31.9 Å². The lowest BCUT2D eigenvalue weighted by molar-refractivity contribution is -0.137. The van der Waals surface area contributed by atoms with Gasteiger partial charge in [-0.3, -0.25) is 9.59 Å². The Morgan fingerprint density at radius 3 is 2.42 bits per heavy atom. The summed E-state index contributed by atoms with van der Waals surface area (Å²) in [6.45, 7) is 2.09. The lowest BCUT2D eigenvalue weighted by Gasteiger charge is -2.33. The normalized spacial score (nSPS) is 16.1. The molecule has 0 fully saturated rings. The van der Waals surface area contributed by atoms with Crippen molar-refractivity contribution in [1.29, 1.82) is 0 Å². The molecular formula is C34H26F4N4O3. The van der Waals surface area contributed by atoms with E-state index in [1.165, 1.54) is 30.3 Å². The quantitative estimate of drug-likeness (QED) is 0.198. The minimum absolute atomic E-state index is 0.263. The van der Waals surface area contributed by atoms with E-state index in [-0.39, 0.29) is 5.56 Å². The van der Waals surface area contributed by atoms with Crippen molar-refractivity contribution in [3.63, 3.8) is 0 Å². The van der Waals surface area contributed by atoms with Gasteiger partial charge >= 0.3 is 6.18 Å². The molecule has 1 aliphatic rings. The van der Waals surface area contributed by atoms with Gasteiger partial charge in [0, 0.05) is 23.1 Å². The van der Waals surface area contributed by atoms with E-state index in [4.69, 9.17) is 9.84 Å². The summed E-state index contributed by atoms with van der Waals surface area (Å²) in [5.74, 6) is -1.91. The number of anilines is 1. The molecule has 2 amide bonds. The second kappa shape index (κ2) is 11.9. The average Bonchev–Trinajstić information content (AvgIpc) is 3.36. The molecule has 6 rings (SSSR count). The van der Waals surface area contributed by atoms with Gasteiger partial charge in [0.15, 0.2) is 0 Å². The smallest absolute Gasteiger partial charge is 0.416 e. The van der Waals surface area contributed by atoms with Crippen molar-refractivity contribution in [2.24, 2.45) is 0 Å². The van der Waals surface area contributed by atoms with Crippen LogP contribution < -0.4 is 15.4 Å².